The molecule has 31 heavy (non-hydrogen) atoms. The van der Waals surface area contributed by atoms with Gasteiger partial charge in [-0.2, -0.15) is 0 Å². The molecule has 1 aliphatic heterocycles. The van der Waals surface area contributed by atoms with Crippen molar-refractivity contribution in [2.75, 3.05) is 7.11 Å². The number of hydrogen-bond acceptors (Lipinski definition) is 5. The summed E-state index contributed by atoms with van der Waals surface area (Å²) in [6.45, 7) is 0. The van der Waals surface area contributed by atoms with Gasteiger partial charge in [0.25, 0.3) is 0 Å². The highest BCUT2D eigenvalue weighted by Crippen LogP contribution is 2.57. The van der Waals surface area contributed by atoms with E-state index in [1.165, 1.54) is 44.9 Å². The molecule has 164 valence electrons. The summed E-state index contributed by atoms with van der Waals surface area (Å²) in [6, 6.07) is 0. The topological polar surface area (TPSA) is 62.7 Å². The lowest BCUT2D eigenvalue weighted by molar-refractivity contribution is -0.111. The van der Waals surface area contributed by atoms with Crippen LogP contribution >= 0.6 is 0 Å². The predicted octanol–water partition coefficient (Wildman–Crippen LogP) is 4.36. The number of aliphatic imine (C=N–C) groups is 1. The van der Waals surface area contributed by atoms with Gasteiger partial charge in [0.05, 0.1) is 0 Å². The highest BCUT2D eigenvalue weighted by atomic mass is 16.5. The molecule has 0 spiro atoms. The first-order valence-electron chi connectivity index (χ1n) is 12.2. The van der Waals surface area contributed by atoms with Crippen LogP contribution in [0.25, 0.3) is 0 Å². The molecule has 6 atom stereocenters. The number of methoxy groups -OCH3 is 1. The first-order valence-corrected chi connectivity index (χ1v) is 12.2. The third-order valence-corrected chi connectivity index (χ3v) is 8.66. The number of allylic oxidation sites excluding steroid dienone is 7. The summed E-state index contributed by atoms with van der Waals surface area (Å²) in [7, 11) is 1.68. The van der Waals surface area contributed by atoms with E-state index in [-0.39, 0.29) is 5.78 Å². The normalized spacial score (nSPS) is 41.3. The van der Waals surface area contributed by atoms with Crippen molar-refractivity contribution in [3.63, 3.8) is 0 Å². The van der Waals surface area contributed by atoms with Crippen molar-refractivity contribution in [2.24, 2.45) is 34.6 Å². The Bertz CT molecular complexity index is 940. The van der Waals surface area contributed by atoms with Gasteiger partial charge < -0.3 is 15.4 Å². The SMILES string of the molecule is COC1N=C(C2CCC3CCC4=C5C(CC=C4)CCC2C53)NC(=C2CCC=CC2=O)N1. The monoisotopic (exact) mass is 419 g/mol. The first kappa shape index (κ1) is 19.5. The van der Waals surface area contributed by atoms with Crippen molar-refractivity contribution < 1.29 is 9.53 Å². The molecule has 0 aromatic heterocycles. The Hall–Kier alpha value is -2.14. The van der Waals surface area contributed by atoms with Gasteiger partial charge in [0.1, 0.15) is 11.7 Å². The third kappa shape index (κ3) is 3.24. The van der Waals surface area contributed by atoms with Crippen LogP contribution in [0.15, 0.2) is 51.8 Å². The molecular weight excluding hydrogens is 386 g/mol. The minimum Gasteiger partial charge on any atom is -0.343 e. The summed E-state index contributed by atoms with van der Waals surface area (Å²) in [6.07, 6.45) is 18.7. The smallest absolute Gasteiger partial charge is 0.228 e. The second kappa shape index (κ2) is 7.77. The summed E-state index contributed by atoms with van der Waals surface area (Å²) in [5.74, 6) is 5.37. The number of nitrogens with zero attached hydrogens (tertiary/aromatic N) is 1. The summed E-state index contributed by atoms with van der Waals surface area (Å²) < 4.78 is 5.62. The Morgan fingerprint density at radius 2 is 2.00 bits per heavy atom. The second-order valence-electron chi connectivity index (χ2n) is 10.1. The molecule has 0 radical (unpaired) electrons. The zero-order valence-electron chi connectivity index (χ0n) is 18.4. The van der Waals surface area contributed by atoms with Gasteiger partial charge in [-0.25, -0.2) is 4.99 Å². The number of amidine groups is 1. The molecule has 2 fully saturated rings. The molecule has 2 N–H and O–H groups in total. The lowest BCUT2D eigenvalue weighted by Crippen LogP contribution is -2.53. The maximum absolute atomic E-state index is 12.5. The Labute approximate surface area is 184 Å². The molecule has 5 heteroatoms. The van der Waals surface area contributed by atoms with Crippen LogP contribution in [0.5, 0.6) is 0 Å². The van der Waals surface area contributed by atoms with E-state index >= 15 is 0 Å². The molecule has 6 unspecified atom stereocenters. The standard InChI is InChI=1S/C26H33N3O2/c1-31-26-28-24(27-25(29-26)20-7-2-3-8-21(20)30)19-14-12-17-10-9-15-5-4-6-16-11-13-18(19)23(17)22(15)16/h3-5,8,16-19,23,26,29H,2,6-7,9-14H2,1H3,(H,27,28). The first-order chi connectivity index (χ1) is 15.2. The maximum Gasteiger partial charge on any atom is 0.228 e. The van der Waals surface area contributed by atoms with Crippen molar-refractivity contribution in [1.82, 2.24) is 10.6 Å². The van der Waals surface area contributed by atoms with Crippen LogP contribution in [0.2, 0.25) is 0 Å². The zero-order chi connectivity index (χ0) is 20.9. The van der Waals surface area contributed by atoms with Gasteiger partial charge in [0.2, 0.25) is 6.35 Å². The van der Waals surface area contributed by atoms with Gasteiger partial charge in [-0.15, -0.1) is 0 Å². The van der Waals surface area contributed by atoms with Crippen molar-refractivity contribution in [3.05, 3.63) is 46.8 Å². The quantitative estimate of drug-likeness (QED) is 0.653. The Morgan fingerprint density at radius 1 is 1.06 bits per heavy atom. The molecular formula is C26H33N3O2. The van der Waals surface area contributed by atoms with Crippen LogP contribution in [0.1, 0.15) is 57.8 Å². The van der Waals surface area contributed by atoms with Crippen molar-refractivity contribution in [3.8, 4) is 0 Å². The van der Waals surface area contributed by atoms with Crippen LogP contribution < -0.4 is 10.6 Å². The Kier molecular flexibility index (Phi) is 4.90. The Balaban J connectivity index is 1.34. The van der Waals surface area contributed by atoms with E-state index in [1.807, 2.05) is 11.6 Å². The predicted molar refractivity (Wildman–Crippen MR) is 121 cm³/mol. The molecule has 6 aliphatic rings. The van der Waals surface area contributed by atoms with Gasteiger partial charge in [-0.1, -0.05) is 23.8 Å². The average Bonchev–Trinajstić information content (AvgIpc) is 2.82. The van der Waals surface area contributed by atoms with Crippen LogP contribution in [0.3, 0.4) is 0 Å². The van der Waals surface area contributed by atoms with E-state index in [0.717, 1.165) is 47.8 Å². The van der Waals surface area contributed by atoms with Crippen molar-refractivity contribution in [2.45, 2.75) is 64.1 Å². The van der Waals surface area contributed by atoms with Gasteiger partial charge in [-0.05, 0) is 93.1 Å². The fraction of sp³-hybridized carbons (Fsp3) is 0.615. The molecule has 5 aliphatic carbocycles. The van der Waals surface area contributed by atoms with E-state index in [2.05, 4.69) is 22.8 Å². The second-order valence-corrected chi connectivity index (χ2v) is 10.1. The van der Waals surface area contributed by atoms with Gasteiger partial charge >= 0.3 is 0 Å². The summed E-state index contributed by atoms with van der Waals surface area (Å²) in [5.41, 5.74) is 4.29. The minimum atomic E-state index is -0.426. The van der Waals surface area contributed by atoms with Crippen LogP contribution in [-0.4, -0.2) is 25.1 Å². The van der Waals surface area contributed by atoms with E-state index < -0.39 is 6.35 Å². The number of nitrogens with one attached hydrogen (secondary N) is 2. The number of hydrogen-bond donors (Lipinski definition) is 2. The highest BCUT2D eigenvalue weighted by molar-refractivity contribution is 6.05. The number of rotatable bonds is 2. The number of ketones is 1. The third-order valence-electron chi connectivity index (χ3n) is 8.66. The number of carbonyl (C=O) groups is 1. The fourth-order valence-corrected chi connectivity index (χ4v) is 7.33. The van der Waals surface area contributed by atoms with Crippen LogP contribution in [0, 0.1) is 29.6 Å². The number of ether oxygens (including phenoxy) is 1. The van der Waals surface area contributed by atoms with E-state index in [4.69, 9.17) is 9.73 Å². The maximum atomic E-state index is 12.5. The van der Waals surface area contributed by atoms with Crippen LogP contribution in [0.4, 0.5) is 0 Å². The largest absolute Gasteiger partial charge is 0.343 e. The molecule has 0 aromatic rings. The number of carbonyl (C=O) groups excluding carboxylic acids is 1. The van der Waals surface area contributed by atoms with Gasteiger partial charge in [-0.3, -0.25) is 4.79 Å². The molecule has 1 heterocycles. The highest BCUT2D eigenvalue weighted by Gasteiger charge is 2.49. The fourth-order valence-electron chi connectivity index (χ4n) is 7.33. The van der Waals surface area contributed by atoms with Crippen LogP contribution in [-0.2, 0) is 9.53 Å². The van der Waals surface area contributed by atoms with Gasteiger partial charge in [0.15, 0.2) is 5.78 Å². The average molecular weight is 420 g/mol. The summed E-state index contributed by atoms with van der Waals surface area (Å²) in [4.78, 5) is 17.5. The molecule has 2 saturated carbocycles. The molecule has 0 bridgehead atoms. The van der Waals surface area contributed by atoms with Crippen molar-refractivity contribution >= 4 is 11.6 Å². The lowest BCUT2D eigenvalue weighted by atomic mass is 9.52. The Morgan fingerprint density at radius 3 is 2.87 bits per heavy atom. The minimum absolute atomic E-state index is 0.0950. The van der Waals surface area contributed by atoms with E-state index in [1.54, 1.807) is 18.8 Å². The molecule has 0 amide bonds. The molecule has 0 saturated heterocycles. The summed E-state index contributed by atoms with van der Waals surface area (Å²) in [5, 5.41) is 6.89. The molecule has 5 nitrogen and oxygen atoms in total. The van der Waals surface area contributed by atoms with Gasteiger partial charge in [0, 0.05) is 18.6 Å². The van der Waals surface area contributed by atoms with E-state index in [9.17, 15) is 4.79 Å². The van der Waals surface area contributed by atoms with Crippen molar-refractivity contribution in [1.29, 1.82) is 0 Å². The van der Waals surface area contributed by atoms with E-state index in [0.29, 0.717) is 11.8 Å². The molecule has 0 aromatic carbocycles. The molecule has 6 rings (SSSR count). The summed E-state index contributed by atoms with van der Waals surface area (Å²) >= 11 is 0. The zero-order valence-corrected chi connectivity index (χ0v) is 18.4. The lowest BCUT2D eigenvalue weighted by Gasteiger charge is -2.53.